The number of aromatic hydroxyl groups is 3. The van der Waals surface area contributed by atoms with Gasteiger partial charge in [-0.2, -0.15) is 0 Å². The number of benzene rings is 4. The van der Waals surface area contributed by atoms with E-state index < -0.39 is 0 Å². The Balaban J connectivity index is 1.24. The van der Waals surface area contributed by atoms with Crippen LogP contribution in [-0.4, -0.2) is 54.8 Å². The number of nitrogens with zero attached hydrogens (tertiary/aromatic N) is 11. The first kappa shape index (κ1) is 25.8. The first-order valence-electron chi connectivity index (χ1n) is 13.4. The molecular weight excluding hydrogens is 576 g/mol. The van der Waals surface area contributed by atoms with Gasteiger partial charge in [0.25, 0.3) is 0 Å². The Morgan fingerprint density at radius 2 is 1.40 bits per heavy atom. The average Bonchev–Trinajstić information content (AvgIpc) is 3.72. The highest BCUT2D eigenvalue weighted by molar-refractivity contribution is 6.02. The zero-order valence-corrected chi connectivity index (χ0v) is 22.8. The zero-order chi connectivity index (χ0) is 30.5. The van der Waals surface area contributed by atoms with Crippen LogP contribution < -0.4 is 0 Å². The van der Waals surface area contributed by atoms with Gasteiger partial charge in [-0.3, -0.25) is 4.57 Å². The lowest BCUT2D eigenvalue weighted by Gasteiger charge is -2.12. The molecule has 0 amide bonds. The van der Waals surface area contributed by atoms with Crippen molar-refractivity contribution in [2.24, 2.45) is 20.5 Å². The van der Waals surface area contributed by atoms with E-state index in [1.807, 2.05) is 24.3 Å². The number of aromatic amines is 1. The van der Waals surface area contributed by atoms with Crippen LogP contribution in [-0.2, 0) is 0 Å². The molecule has 8 aromatic rings. The number of nitrogens with one attached hydrogen (secondary N) is 1. The molecule has 0 unspecified atom stereocenters. The molecule has 15 nitrogen and oxygen atoms in total. The molecule has 4 N–H and O–H groups in total. The van der Waals surface area contributed by atoms with Gasteiger partial charge in [0.05, 0.1) is 12.0 Å². The van der Waals surface area contributed by atoms with Crippen molar-refractivity contribution in [2.45, 2.75) is 0 Å². The van der Waals surface area contributed by atoms with Gasteiger partial charge in [-0.15, -0.1) is 20.5 Å². The molecule has 0 atom stereocenters. The lowest BCUT2D eigenvalue weighted by molar-refractivity contribution is 0.474. The Labute approximate surface area is 251 Å². The van der Waals surface area contributed by atoms with Crippen LogP contribution >= 0.6 is 0 Å². The molecule has 0 saturated carbocycles. The maximum Gasteiger partial charge on any atom is 0.205 e. The summed E-state index contributed by atoms with van der Waals surface area (Å²) in [6, 6.07) is 17.0. The predicted molar refractivity (Wildman–Crippen MR) is 163 cm³/mol. The van der Waals surface area contributed by atoms with Gasteiger partial charge in [-0.05, 0) is 29.7 Å². The molecule has 0 radical (unpaired) electrons. The van der Waals surface area contributed by atoms with E-state index in [9.17, 15) is 15.3 Å². The van der Waals surface area contributed by atoms with Crippen LogP contribution in [0.3, 0.4) is 0 Å². The molecule has 4 aromatic carbocycles. The molecule has 0 aliphatic carbocycles. The van der Waals surface area contributed by atoms with Crippen molar-refractivity contribution < 1.29 is 15.3 Å². The number of H-pyrrole nitrogens is 1. The summed E-state index contributed by atoms with van der Waals surface area (Å²) in [7, 11) is 0. The number of phenols is 3. The van der Waals surface area contributed by atoms with Crippen molar-refractivity contribution in [2.75, 3.05) is 0 Å². The van der Waals surface area contributed by atoms with Crippen LogP contribution in [0.5, 0.6) is 17.2 Å². The SMILES string of the molecule is Oc1ccc2c(-n3cnc4c(/N=N/c5c(O)ccc6ccccc56)ncnc43)cc(O)c(/N=N/c3ncnc4[nH]cnc34)c2c1. The predicted octanol–water partition coefficient (Wildman–Crippen LogP) is 6.74. The van der Waals surface area contributed by atoms with Gasteiger partial charge < -0.3 is 20.3 Å². The maximum absolute atomic E-state index is 11.2. The smallest absolute Gasteiger partial charge is 0.205 e. The molecule has 0 fully saturated rings. The minimum absolute atomic E-state index is 0.0239. The van der Waals surface area contributed by atoms with Gasteiger partial charge in [0, 0.05) is 22.2 Å². The number of phenolic OH excluding ortho intramolecular Hbond substituents is 3. The zero-order valence-electron chi connectivity index (χ0n) is 22.8. The van der Waals surface area contributed by atoms with Gasteiger partial charge in [0.2, 0.25) is 11.6 Å². The average molecular weight is 595 g/mol. The molecule has 0 aliphatic rings. The normalized spacial score (nSPS) is 12.1. The van der Waals surface area contributed by atoms with Gasteiger partial charge in [0.1, 0.15) is 47.6 Å². The molecule has 216 valence electrons. The summed E-state index contributed by atoms with van der Waals surface area (Å²) in [6.07, 6.45) is 5.64. The van der Waals surface area contributed by atoms with E-state index in [0.29, 0.717) is 44.5 Å². The molecule has 4 heterocycles. The molecule has 8 rings (SSSR count). The Bertz CT molecular complexity index is 2500. The summed E-state index contributed by atoms with van der Waals surface area (Å²) in [5, 5.41) is 51.7. The van der Waals surface area contributed by atoms with Gasteiger partial charge >= 0.3 is 0 Å². The first-order valence-corrected chi connectivity index (χ1v) is 13.4. The summed E-state index contributed by atoms with van der Waals surface area (Å²) in [4.78, 5) is 28.5. The number of fused-ring (bicyclic) bond motifs is 4. The van der Waals surface area contributed by atoms with E-state index in [1.165, 1.54) is 43.5 Å². The lowest BCUT2D eigenvalue weighted by Crippen LogP contribution is -1.96. The summed E-state index contributed by atoms with van der Waals surface area (Å²) in [6.45, 7) is 0. The van der Waals surface area contributed by atoms with Crippen molar-refractivity contribution in [3.8, 4) is 22.9 Å². The summed E-state index contributed by atoms with van der Waals surface area (Å²) in [5.74, 6) is 0.0983. The maximum atomic E-state index is 11.2. The summed E-state index contributed by atoms with van der Waals surface area (Å²) in [5.41, 5.74) is 2.52. The van der Waals surface area contributed by atoms with Gasteiger partial charge in [-0.25, -0.2) is 29.9 Å². The number of hydrogen-bond donors (Lipinski definition) is 4. The topological polar surface area (TPSA) is 208 Å². The molecule has 0 aliphatic heterocycles. The molecule has 0 spiro atoms. The molecule has 45 heavy (non-hydrogen) atoms. The fraction of sp³-hybridized carbons (Fsp3) is 0. The number of hydrogen-bond acceptors (Lipinski definition) is 13. The third kappa shape index (κ3) is 4.30. The largest absolute Gasteiger partial charge is 0.508 e. The third-order valence-corrected chi connectivity index (χ3v) is 7.19. The Morgan fingerprint density at radius 3 is 2.27 bits per heavy atom. The van der Waals surface area contributed by atoms with Crippen molar-refractivity contribution >= 4 is 66.9 Å². The first-order chi connectivity index (χ1) is 22.0. The van der Waals surface area contributed by atoms with Gasteiger partial charge in [0.15, 0.2) is 22.3 Å². The lowest BCUT2D eigenvalue weighted by atomic mass is 10.1. The standard InChI is InChI=1S/C30H18N12O3/c43-16-6-7-18-19(9-16)24(39-40-28-25-27(32-11-31-25)33-12-34-28)22(45)10-20(18)42-14-37-26-29(35-13-36-30(26)42)41-38-23-17-4-2-1-3-15(17)5-8-21(23)44/h1-14,43-45H,(H,31,32,33,34)/b40-39+,41-38+. The van der Waals surface area contributed by atoms with Crippen LogP contribution in [0.2, 0.25) is 0 Å². The number of aromatic nitrogens is 8. The Morgan fingerprint density at radius 1 is 0.622 bits per heavy atom. The van der Waals surface area contributed by atoms with E-state index in [1.54, 1.807) is 22.8 Å². The number of imidazole rings is 2. The Hall–Kier alpha value is -6.90. The molecule has 15 heteroatoms. The van der Waals surface area contributed by atoms with Crippen LogP contribution in [0.15, 0.2) is 106 Å². The second-order valence-electron chi connectivity index (χ2n) is 9.83. The van der Waals surface area contributed by atoms with Crippen LogP contribution in [0, 0.1) is 0 Å². The van der Waals surface area contributed by atoms with Crippen molar-refractivity contribution in [3.05, 3.63) is 86.0 Å². The van der Waals surface area contributed by atoms with E-state index in [0.717, 1.165) is 10.8 Å². The summed E-state index contributed by atoms with van der Waals surface area (Å²) < 4.78 is 1.66. The van der Waals surface area contributed by atoms with E-state index in [4.69, 9.17) is 0 Å². The van der Waals surface area contributed by atoms with Crippen molar-refractivity contribution in [1.82, 2.24) is 39.5 Å². The van der Waals surface area contributed by atoms with E-state index in [2.05, 4.69) is 55.3 Å². The molecule has 0 bridgehead atoms. The fourth-order valence-corrected chi connectivity index (χ4v) is 5.11. The van der Waals surface area contributed by atoms with Crippen molar-refractivity contribution in [3.63, 3.8) is 0 Å². The Kier molecular flexibility index (Phi) is 5.80. The number of rotatable bonds is 5. The highest BCUT2D eigenvalue weighted by Crippen LogP contribution is 2.42. The second-order valence-corrected chi connectivity index (χ2v) is 9.83. The quantitative estimate of drug-likeness (QED) is 0.155. The molecule has 4 aromatic heterocycles. The second kappa shape index (κ2) is 10.1. The van der Waals surface area contributed by atoms with Gasteiger partial charge in [-0.1, -0.05) is 30.3 Å². The van der Waals surface area contributed by atoms with Crippen LogP contribution in [0.1, 0.15) is 0 Å². The van der Waals surface area contributed by atoms with Crippen molar-refractivity contribution in [1.29, 1.82) is 0 Å². The molecular formula is C30H18N12O3. The van der Waals surface area contributed by atoms with E-state index >= 15 is 0 Å². The summed E-state index contributed by atoms with van der Waals surface area (Å²) >= 11 is 0. The third-order valence-electron chi connectivity index (χ3n) is 7.19. The van der Waals surface area contributed by atoms with Crippen LogP contribution in [0.25, 0.3) is 49.6 Å². The minimum Gasteiger partial charge on any atom is -0.508 e. The minimum atomic E-state index is -0.221. The van der Waals surface area contributed by atoms with Crippen LogP contribution in [0.4, 0.5) is 23.0 Å². The highest BCUT2D eigenvalue weighted by atomic mass is 16.3. The monoisotopic (exact) mass is 594 g/mol. The number of azo groups is 2. The fourth-order valence-electron chi connectivity index (χ4n) is 5.11. The van der Waals surface area contributed by atoms with E-state index in [-0.39, 0.29) is 34.6 Å². The molecule has 0 saturated heterocycles. The highest BCUT2D eigenvalue weighted by Gasteiger charge is 2.18.